The number of carbonyl (C=O) groups is 1. The third kappa shape index (κ3) is 2.40. The Balaban J connectivity index is 2.33. The van der Waals surface area contributed by atoms with E-state index in [2.05, 4.69) is 0 Å². The summed E-state index contributed by atoms with van der Waals surface area (Å²) in [6, 6.07) is 3.85. The van der Waals surface area contributed by atoms with E-state index in [0.717, 1.165) is 11.8 Å². The molecule has 0 aliphatic carbocycles. The average Bonchev–Trinajstić information content (AvgIpc) is 2.57. The summed E-state index contributed by atoms with van der Waals surface area (Å²) in [5.41, 5.74) is 0.110. The number of phenolic OH excluding ortho intramolecular Hbond substituents is 1. The summed E-state index contributed by atoms with van der Waals surface area (Å²) in [5, 5.41) is 27.6. The van der Waals surface area contributed by atoms with Gasteiger partial charge in [-0.25, -0.2) is 0 Å². The standard InChI is InChI=1S/C11H8N2O4S/c12-11-5-9(15)10(18-11)4-6-1-2-7(13(16)17)8(14)3-6/h1-4,12,14H,5H2/b10-4-,12-11?. The van der Waals surface area contributed by atoms with Crippen LogP contribution in [0.15, 0.2) is 23.1 Å². The van der Waals surface area contributed by atoms with Gasteiger partial charge in [0.15, 0.2) is 11.5 Å². The number of carbonyl (C=O) groups excluding carboxylic acids is 1. The van der Waals surface area contributed by atoms with Crippen LogP contribution in [0.3, 0.4) is 0 Å². The molecule has 0 aromatic heterocycles. The highest BCUT2D eigenvalue weighted by atomic mass is 32.2. The van der Waals surface area contributed by atoms with Gasteiger partial charge in [-0.15, -0.1) is 0 Å². The molecule has 92 valence electrons. The summed E-state index contributed by atoms with van der Waals surface area (Å²) in [4.78, 5) is 21.7. The number of nitrogens with one attached hydrogen (secondary N) is 1. The fourth-order valence-electron chi connectivity index (χ4n) is 1.50. The Hall–Kier alpha value is -2.15. The molecule has 1 fully saturated rings. The van der Waals surface area contributed by atoms with Crippen molar-refractivity contribution in [1.82, 2.24) is 0 Å². The van der Waals surface area contributed by atoms with Crippen molar-refractivity contribution in [2.24, 2.45) is 0 Å². The molecule has 1 aliphatic heterocycles. The van der Waals surface area contributed by atoms with E-state index in [4.69, 9.17) is 5.41 Å². The van der Waals surface area contributed by atoms with Gasteiger partial charge in [0.2, 0.25) is 0 Å². The molecule has 1 aliphatic rings. The summed E-state index contributed by atoms with van der Waals surface area (Å²) < 4.78 is 0. The maximum absolute atomic E-state index is 11.4. The zero-order chi connectivity index (χ0) is 13.3. The molecule has 0 amide bonds. The van der Waals surface area contributed by atoms with Crippen LogP contribution in [0.2, 0.25) is 0 Å². The number of nitro benzene ring substituents is 1. The summed E-state index contributed by atoms with van der Waals surface area (Å²) in [6.45, 7) is 0. The third-order valence-electron chi connectivity index (χ3n) is 2.32. The monoisotopic (exact) mass is 264 g/mol. The van der Waals surface area contributed by atoms with Crippen LogP contribution in [0.4, 0.5) is 5.69 Å². The Labute approximate surface area is 106 Å². The van der Waals surface area contributed by atoms with Crippen molar-refractivity contribution in [3.8, 4) is 5.75 Å². The van der Waals surface area contributed by atoms with Crippen molar-refractivity contribution < 1.29 is 14.8 Å². The SMILES string of the molecule is N=C1CC(=O)/C(=C/c2ccc([N+](=O)[O-])c(O)c2)S1. The quantitative estimate of drug-likeness (QED) is 0.484. The van der Waals surface area contributed by atoms with E-state index in [1.54, 1.807) is 0 Å². The summed E-state index contributed by atoms with van der Waals surface area (Å²) in [7, 11) is 0. The minimum Gasteiger partial charge on any atom is -0.502 e. The molecule has 0 atom stereocenters. The minimum atomic E-state index is -0.683. The van der Waals surface area contributed by atoms with Gasteiger partial charge in [0.05, 0.1) is 21.3 Å². The van der Waals surface area contributed by atoms with Crippen LogP contribution in [0.5, 0.6) is 5.75 Å². The van der Waals surface area contributed by atoms with E-state index in [1.807, 2.05) is 0 Å². The molecular formula is C11H8N2O4S. The number of phenols is 1. The van der Waals surface area contributed by atoms with Crippen LogP contribution in [-0.4, -0.2) is 20.9 Å². The van der Waals surface area contributed by atoms with Gasteiger partial charge in [0.1, 0.15) is 0 Å². The van der Waals surface area contributed by atoms with Crippen molar-refractivity contribution in [2.45, 2.75) is 6.42 Å². The lowest BCUT2D eigenvalue weighted by molar-refractivity contribution is -0.385. The number of Topliss-reactive ketones (excluding diaryl/α,β-unsaturated/α-hetero) is 1. The summed E-state index contributed by atoms with van der Waals surface area (Å²) in [5.74, 6) is -0.595. The Morgan fingerprint density at radius 1 is 1.50 bits per heavy atom. The summed E-state index contributed by atoms with van der Waals surface area (Å²) in [6.07, 6.45) is 1.60. The Kier molecular flexibility index (Phi) is 3.15. The largest absolute Gasteiger partial charge is 0.502 e. The van der Waals surface area contributed by atoms with Crippen molar-refractivity contribution in [2.75, 3.05) is 0 Å². The zero-order valence-electron chi connectivity index (χ0n) is 9.04. The second-order valence-corrected chi connectivity index (χ2v) is 4.78. The Morgan fingerprint density at radius 3 is 2.72 bits per heavy atom. The van der Waals surface area contributed by atoms with E-state index in [0.29, 0.717) is 10.5 Å². The van der Waals surface area contributed by atoms with Gasteiger partial charge in [-0.05, 0) is 23.8 Å². The lowest BCUT2D eigenvalue weighted by Gasteiger charge is -1.99. The molecule has 1 aromatic rings. The number of aromatic hydroxyl groups is 1. The predicted molar refractivity (Wildman–Crippen MR) is 67.7 cm³/mol. The maximum Gasteiger partial charge on any atom is 0.310 e. The van der Waals surface area contributed by atoms with Gasteiger partial charge in [-0.2, -0.15) is 0 Å². The number of rotatable bonds is 2. The second-order valence-electron chi connectivity index (χ2n) is 3.64. The number of nitro groups is 1. The van der Waals surface area contributed by atoms with Crippen molar-refractivity contribution >= 4 is 34.4 Å². The van der Waals surface area contributed by atoms with E-state index >= 15 is 0 Å². The van der Waals surface area contributed by atoms with Crippen molar-refractivity contribution in [3.63, 3.8) is 0 Å². The highest BCUT2D eigenvalue weighted by Gasteiger charge is 2.23. The average molecular weight is 264 g/mol. The molecule has 2 N–H and O–H groups in total. The van der Waals surface area contributed by atoms with Gasteiger partial charge in [0.25, 0.3) is 0 Å². The van der Waals surface area contributed by atoms with Gasteiger partial charge in [-0.3, -0.25) is 20.3 Å². The smallest absolute Gasteiger partial charge is 0.310 e. The Bertz CT molecular complexity index is 595. The molecular weight excluding hydrogens is 256 g/mol. The van der Waals surface area contributed by atoms with E-state index in [9.17, 15) is 20.0 Å². The molecule has 6 nitrogen and oxygen atoms in total. The van der Waals surface area contributed by atoms with Crippen LogP contribution in [-0.2, 0) is 4.79 Å². The molecule has 2 rings (SSSR count). The lowest BCUT2D eigenvalue weighted by atomic mass is 10.1. The molecule has 0 radical (unpaired) electrons. The third-order valence-corrected chi connectivity index (χ3v) is 3.28. The topological polar surface area (TPSA) is 104 Å². The van der Waals surface area contributed by atoms with E-state index in [-0.39, 0.29) is 22.9 Å². The highest BCUT2D eigenvalue weighted by Crippen LogP contribution is 2.33. The second kappa shape index (κ2) is 4.61. The van der Waals surface area contributed by atoms with Crippen molar-refractivity contribution in [1.29, 1.82) is 5.41 Å². The first-order chi connectivity index (χ1) is 8.47. The molecule has 1 aromatic carbocycles. The predicted octanol–water partition coefficient (Wildman–Crippen LogP) is 2.32. The molecule has 1 saturated heterocycles. The normalized spacial score (nSPS) is 17.4. The number of thioether (sulfide) groups is 1. The number of benzene rings is 1. The molecule has 0 spiro atoms. The maximum atomic E-state index is 11.4. The molecule has 0 unspecified atom stereocenters. The number of allylic oxidation sites excluding steroid dienone is 1. The van der Waals surface area contributed by atoms with Crippen LogP contribution in [0, 0.1) is 15.5 Å². The first-order valence-corrected chi connectivity index (χ1v) is 5.76. The summed E-state index contributed by atoms with van der Waals surface area (Å²) >= 11 is 1.06. The van der Waals surface area contributed by atoms with Gasteiger partial charge in [0, 0.05) is 6.07 Å². The van der Waals surface area contributed by atoms with Crippen molar-refractivity contribution in [3.05, 3.63) is 38.8 Å². The zero-order valence-corrected chi connectivity index (χ0v) is 9.86. The number of nitrogens with zero attached hydrogens (tertiary/aromatic N) is 1. The van der Waals surface area contributed by atoms with Crippen LogP contribution < -0.4 is 0 Å². The first-order valence-electron chi connectivity index (χ1n) is 4.95. The van der Waals surface area contributed by atoms with E-state index < -0.39 is 10.7 Å². The number of ketones is 1. The van der Waals surface area contributed by atoms with Crippen LogP contribution >= 0.6 is 11.8 Å². The van der Waals surface area contributed by atoms with Gasteiger partial charge >= 0.3 is 5.69 Å². The highest BCUT2D eigenvalue weighted by molar-refractivity contribution is 8.18. The van der Waals surface area contributed by atoms with Crippen LogP contribution in [0.1, 0.15) is 12.0 Å². The molecule has 0 bridgehead atoms. The molecule has 0 saturated carbocycles. The molecule has 1 heterocycles. The van der Waals surface area contributed by atoms with Gasteiger partial charge in [-0.1, -0.05) is 11.8 Å². The molecule has 18 heavy (non-hydrogen) atoms. The lowest BCUT2D eigenvalue weighted by Crippen LogP contribution is -1.92. The number of hydrogen-bond acceptors (Lipinski definition) is 6. The number of hydrogen-bond donors (Lipinski definition) is 2. The fourth-order valence-corrected chi connectivity index (χ4v) is 2.35. The minimum absolute atomic E-state index is 0.0927. The van der Waals surface area contributed by atoms with Gasteiger partial charge < -0.3 is 5.11 Å². The first kappa shape index (κ1) is 12.3. The molecule has 7 heteroatoms. The van der Waals surface area contributed by atoms with Crippen LogP contribution in [0.25, 0.3) is 6.08 Å². The van der Waals surface area contributed by atoms with E-state index in [1.165, 1.54) is 24.3 Å². The Morgan fingerprint density at radius 2 is 2.22 bits per heavy atom. The fraction of sp³-hybridized carbons (Fsp3) is 0.0909.